The lowest BCUT2D eigenvalue weighted by molar-refractivity contribution is -0.133. The van der Waals surface area contributed by atoms with E-state index in [1.165, 1.54) is 6.42 Å². The summed E-state index contributed by atoms with van der Waals surface area (Å²) < 4.78 is 5.99. The van der Waals surface area contributed by atoms with Crippen LogP contribution in [0.15, 0.2) is 30.3 Å². The zero-order chi connectivity index (χ0) is 18.6. The molecule has 0 spiro atoms. The first-order chi connectivity index (χ1) is 13.2. The Bertz CT molecular complexity index is 660. The predicted molar refractivity (Wildman–Crippen MR) is 102 cm³/mol. The molecule has 0 radical (unpaired) electrons. The van der Waals surface area contributed by atoms with E-state index < -0.39 is 0 Å². The van der Waals surface area contributed by atoms with Crippen LogP contribution in [0.1, 0.15) is 31.2 Å². The summed E-state index contributed by atoms with van der Waals surface area (Å²) in [5.74, 6) is 0.364. The Balaban J connectivity index is 1.42. The van der Waals surface area contributed by atoms with Crippen LogP contribution in [0.25, 0.3) is 0 Å². The fourth-order valence-electron chi connectivity index (χ4n) is 4.47. The van der Waals surface area contributed by atoms with Gasteiger partial charge in [0.1, 0.15) is 0 Å². The van der Waals surface area contributed by atoms with Crippen LogP contribution >= 0.6 is 0 Å². The summed E-state index contributed by atoms with van der Waals surface area (Å²) in [5, 5.41) is 0. The quantitative estimate of drug-likeness (QED) is 0.805. The van der Waals surface area contributed by atoms with E-state index in [1.54, 1.807) is 0 Å². The van der Waals surface area contributed by atoms with Gasteiger partial charge in [-0.1, -0.05) is 30.3 Å². The first kappa shape index (κ1) is 18.4. The van der Waals surface area contributed by atoms with Gasteiger partial charge in [0.25, 0.3) is 0 Å². The molecule has 0 aliphatic carbocycles. The number of carbonyl (C=O) groups is 2. The molecule has 3 aliphatic heterocycles. The van der Waals surface area contributed by atoms with Crippen LogP contribution in [0.2, 0.25) is 0 Å². The van der Waals surface area contributed by atoms with Crippen molar-refractivity contribution in [2.24, 2.45) is 0 Å². The van der Waals surface area contributed by atoms with Crippen LogP contribution in [-0.4, -0.2) is 78.0 Å². The maximum Gasteiger partial charge on any atom is 0.236 e. The number of benzene rings is 1. The van der Waals surface area contributed by atoms with E-state index in [0.717, 1.165) is 38.0 Å². The second-order valence-electron chi connectivity index (χ2n) is 7.87. The van der Waals surface area contributed by atoms with E-state index in [9.17, 15) is 9.59 Å². The summed E-state index contributed by atoms with van der Waals surface area (Å²) in [4.78, 5) is 31.4. The fourth-order valence-corrected chi connectivity index (χ4v) is 4.47. The van der Waals surface area contributed by atoms with Crippen LogP contribution in [-0.2, 0) is 20.9 Å². The third-order valence-corrected chi connectivity index (χ3v) is 5.94. The molecule has 0 aromatic heterocycles. The molecule has 0 N–H and O–H groups in total. The number of nitrogens with zero attached hydrogens (tertiary/aromatic N) is 3. The van der Waals surface area contributed by atoms with Crippen molar-refractivity contribution in [1.82, 2.24) is 14.7 Å². The Hall–Kier alpha value is -1.92. The minimum atomic E-state index is -0.00526. The molecule has 3 fully saturated rings. The Morgan fingerprint density at radius 2 is 1.85 bits per heavy atom. The second-order valence-corrected chi connectivity index (χ2v) is 7.87. The Morgan fingerprint density at radius 1 is 1.07 bits per heavy atom. The van der Waals surface area contributed by atoms with Gasteiger partial charge >= 0.3 is 0 Å². The largest absolute Gasteiger partial charge is 0.374 e. The molecule has 3 saturated heterocycles. The number of hydrogen-bond acceptors (Lipinski definition) is 4. The number of hydrogen-bond donors (Lipinski definition) is 0. The van der Waals surface area contributed by atoms with E-state index in [4.69, 9.17) is 4.74 Å². The maximum absolute atomic E-state index is 12.7. The van der Waals surface area contributed by atoms with Crippen molar-refractivity contribution in [2.75, 3.05) is 39.3 Å². The van der Waals surface area contributed by atoms with Gasteiger partial charge in [-0.2, -0.15) is 0 Å². The molecular formula is C21H29N3O3. The molecule has 6 heteroatoms. The van der Waals surface area contributed by atoms with Crippen molar-refractivity contribution >= 4 is 11.8 Å². The third kappa shape index (κ3) is 4.33. The maximum atomic E-state index is 12.7. The van der Waals surface area contributed by atoms with Gasteiger partial charge in [-0.15, -0.1) is 0 Å². The van der Waals surface area contributed by atoms with Gasteiger partial charge in [-0.3, -0.25) is 14.5 Å². The summed E-state index contributed by atoms with van der Waals surface area (Å²) >= 11 is 0. The average Bonchev–Trinajstić information content (AvgIpc) is 3.03. The van der Waals surface area contributed by atoms with Crippen LogP contribution in [0.5, 0.6) is 0 Å². The average molecular weight is 371 g/mol. The van der Waals surface area contributed by atoms with Crippen LogP contribution in [0.4, 0.5) is 0 Å². The number of rotatable bonds is 4. The molecule has 2 atom stereocenters. The highest BCUT2D eigenvalue weighted by Gasteiger charge is 2.42. The van der Waals surface area contributed by atoms with E-state index in [-0.39, 0.29) is 24.0 Å². The molecule has 0 bridgehead atoms. The number of likely N-dealkylation sites (tertiary alicyclic amines) is 2. The van der Waals surface area contributed by atoms with Gasteiger partial charge in [-0.25, -0.2) is 0 Å². The predicted octanol–water partition coefficient (Wildman–Crippen LogP) is 1.50. The Morgan fingerprint density at radius 3 is 2.63 bits per heavy atom. The number of ether oxygens (including phenoxy) is 1. The van der Waals surface area contributed by atoms with Gasteiger partial charge in [0.05, 0.1) is 31.7 Å². The van der Waals surface area contributed by atoms with E-state index in [2.05, 4.69) is 17.0 Å². The highest BCUT2D eigenvalue weighted by Crippen LogP contribution is 2.25. The summed E-state index contributed by atoms with van der Waals surface area (Å²) in [5.41, 5.74) is 1.13. The molecule has 27 heavy (non-hydrogen) atoms. The minimum absolute atomic E-state index is 0.00526. The van der Waals surface area contributed by atoms with Gasteiger partial charge in [0.15, 0.2) is 0 Å². The zero-order valence-electron chi connectivity index (χ0n) is 15.9. The second kappa shape index (κ2) is 8.40. The number of carbonyl (C=O) groups excluding carboxylic acids is 2. The molecule has 2 amide bonds. The topological polar surface area (TPSA) is 53.1 Å². The smallest absolute Gasteiger partial charge is 0.236 e. The van der Waals surface area contributed by atoms with Gasteiger partial charge in [0.2, 0.25) is 11.8 Å². The number of fused-ring (bicyclic) bond motifs is 1. The summed E-state index contributed by atoms with van der Waals surface area (Å²) in [6, 6.07) is 10.1. The zero-order valence-corrected chi connectivity index (χ0v) is 15.9. The molecule has 4 rings (SSSR count). The van der Waals surface area contributed by atoms with Crippen molar-refractivity contribution in [1.29, 1.82) is 0 Å². The monoisotopic (exact) mass is 371 g/mol. The Kier molecular flexibility index (Phi) is 5.74. The molecule has 3 heterocycles. The molecule has 0 unspecified atom stereocenters. The lowest BCUT2D eigenvalue weighted by Crippen LogP contribution is -2.45. The molecular weight excluding hydrogens is 342 g/mol. The summed E-state index contributed by atoms with van der Waals surface area (Å²) in [7, 11) is 0. The molecule has 3 aliphatic rings. The van der Waals surface area contributed by atoms with Crippen LogP contribution in [0, 0.1) is 0 Å². The normalized spacial score (nSPS) is 26.7. The highest BCUT2D eigenvalue weighted by atomic mass is 16.5. The van der Waals surface area contributed by atoms with E-state index in [1.807, 2.05) is 28.0 Å². The number of piperidine rings is 1. The number of amides is 2. The Labute approximate surface area is 161 Å². The summed E-state index contributed by atoms with van der Waals surface area (Å²) in [6.45, 7) is 4.72. The van der Waals surface area contributed by atoms with Gasteiger partial charge in [-0.05, 0) is 24.8 Å². The van der Waals surface area contributed by atoms with Crippen molar-refractivity contribution < 1.29 is 14.3 Å². The molecule has 146 valence electrons. The van der Waals surface area contributed by atoms with Gasteiger partial charge in [0, 0.05) is 32.7 Å². The SMILES string of the molecule is O=C(CN1C[C@@H]2OCCC(=O)N(Cc3ccccc3)[C@H]2C1)N1CCCCC1. The molecule has 0 saturated carbocycles. The highest BCUT2D eigenvalue weighted by molar-refractivity contribution is 5.79. The molecule has 6 nitrogen and oxygen atoms in total. The lowest BCUT2D eigenvalue weighted by Gasteiger charge is -2.30. The van der Waals surface area contributed by atoms with E-state index in [0.29, 0.717) is 32.7 Å². The summed E-state index contributed by atoms with van der Waals surface area (Å²) in [6.07, 6.45) is 3.88. The molecule has 1 aromatic rings. The lowest BCUT2D eigenvalue weighted by atomic mass is 10.1. The first-order valence-corrected chi connectivity index (χ1v) is 10.2. The van der Waals surface area contributed by atoms with E-state index >= 15 is 0 Å². The van der Waals surface area contributed by atoms with Crippen LogP contribution in [0.3, 0.4) is 0 Å². The van der Waals surface area contributed by atoms with Crippen molar-refractivity contribution in [3.8, 4) is 0 Å². The van der Waals surface area contributed by atoms with Crippen molar-refractivity contribution in [3.63, 3.8) is 0 Å². The third-order valence-electron chi connectivity index (χ3n) is 5.94. The first-order valence-electron chi connectivity index (χ1n) is 10.2. The van der Waals surface area contributed by atoms with Crippen molar-refractivity contribution in [3.05, 3.63) is 35.9 Å². The van der Waals surface area contributed by atoms with Gasteiger partial charge < -0.3 is 14.5 Å². The molecule has 1 aromatic carbocycles. The van der Waals surface area contributed by atoms with Crippen molar-refractivity contribution in [2.45, 2.75) is 44.4 Å². The fraction of sp³-hybridized carbons (Fsp3) is 0.619. The standard InChI is InChI=1S/C21H29N3O3/c25-20-9-12-27-19-15-22(16-21(26)23-10-5-2-6-11-23)14-18(19)24(20)13-17-7-3-1-4-8-17/h1,3-4,7-8,18-19H,2,5-6,9-16H2/t18-,19-/m0/s1. The van der Waals surface area contributed by atoms with Crippen LogP contribution < -0.4 is 0 Å². The minimum Gasteiger partial charge on any atom is -0.374 e.